The van der Waals surface area contributed by atoms with Crippen LogP contribution in [-0.4, -0.2) is 60.2 Å². The minimum absolute atomic E-state index is 0.109. The summed E-state index contributed by atoms with van der Waals surface area (Å²) in [5.41, 5.74) is 1.89. The van der Waals surface area contributed by atoms with Crippen molar-refractivity contribution in [3.05, 3.63) is 46.6 Å². The number of piperidine rings is 1. The minimum Gasteiger partial charge on any atom is -0.342 e. The number of fused-ring (bicyclic) bond motifs is 1. The van der Waals surface area contributed by atoms with Crippen molar-refractivity contribution in [2.75, 3.05) is 26.7 Å². The average Bonchev–Trinajstić information content (AvgIpc) is 3.34. The molecule has 1 atom stereocenters. The van der Waals surface area contributed by atoms with Gasteiger partial charge in [-0.25, -0.2) is 13.4 Å². The number of aromatic nitrogens is 2. The Morgan fingerprint density at radius 1 is 1.34 bits per heavy atom. The molecule has 0 spiro atoms. The molecule has 1 saturated heterocycles. The second-order valence-corrected chi connectivity index (χ2v) is 11.1. The molecule has 0 saturated carbocycles. The van der Waals surface area contributed by atoms with E-state index in [2.05, 4.69) is 9.97 Å². The Balaban J connectivity index is 1.44. The molecule has 4 rings (SSSR count). The van der Waals surface area contributed by atoms with Gasteiger partial charge >= 0.3 is 0 Å². The number of amides is 1. The number of hydrogen-bond acceptors (Lipinski definition) is 5. The molecule has 7 nitrogen and oxygen atoms in total. The van der Waals surface area contributed by atoms with Crippen LogP contribution in [0, 0.1) is 0 Å². The summed E-state index contributed by atoms with van der Waals surface area (Å²) in [5.74, 6) is 0.774. The number of carbonyl (C=O) groups is 1. The third kappa shape index (κ3) is 4.18. The highest BCUT2D eigenvalue weighted by molar-refractivity contribution is 7.91. The number of sulfonamides is 1. The van der Waals surface area contributed by atoms with Gasteiger partial charge in [0.15, 0.2) is 0 Å². The van der Waals surface area contributed by atoms with Crippen LogP contribution in [0.15, 0.2) is 40.6 Å². The van der Waals surface area contributed by atoms with Crippen LogP contribution in [0.5, 0.6) is 0 Å². The fraction of sp³-hybridized carbons (Fsp3) is 0.368. The lowest BCUT2D eigenvalue weighted by atomic mass is 9.97. The maximum Gasteiger partial charge on any atom is 0.252 e. The normalized spacial score (nSPS) is 17.9. The second-order valence-electron chi connectivity index (χ2n) is 7.14. The fourth-order valence-corrected chi connectivity index (χ4v) is 6.37. The van der Waals surface area contributed by atoms with E-state index in [9.17, 15) is 13.2 Å². The molecular weight excluding hydrogens is 432 g/mol. The van der Waals surface area contributed by atoms with Gasteiger partial charge in [-0.1, -0.05) is 23.7 Å². The van der Waals surface area contributed by atoms with Crippen molar-refractivity contribution in [3.8, 4) is 0 Å². The molecule has 1 fully saturated rings. The number of thiophene rings is 1. The highest BCUT2D eigenvalue weighted by Gasteiger charge is 2.30. The lowest BCUT2D eigenvalue weighted by Gasteiger charge is -2.32. The Morgan fingerprint density at radius 3 is 2.86 bits per heavy atom. The van der Waals surface area contributed by atoms with Crippen molar-refractivity contribution in [2.24, 2.45) is 0 Å². The number of likely N-dealkylation sites (N-methyl/N-ethyl adjacent to an activating group) is 1. The molecular formula is C19H21ClN4O3S2. The first kappa shape index (κ1) is 20.3. The van der Waals surface area contributed by atoms with E-state index in [0.29, 0.717) is 17.4 Å². The molecule has 1 N–H and O–H groups in total. The smallest absolute Gasteiger partial charge is 0.252 e. The maximum atomic E-state index is 12.8. The lowest BCUT2D eigenvalue weighted by Crippen LogP contribution is -2.45. The summed E-state index contributed by atoms with van der Waals surface area (Å²) in [6, 6.07) is 10.8. The number of aromatic amines is 1. The number of nitrogens with one attached hydrogen (secondary N) is 1. The summed E-state index contributed by atoms with van der Waals surface area (Å²) in [6.07, 6.45) is 1.79. The summed E-state index contributed by atoms with van der Waals surface area (Å²) in [6.45, 7) is 0.941. The molecule has 3 aromatic rings. The first-order valence-electron chi connectivity index (χ1n) is 9.28. The minimum atomic E-state index is -3.73. The number of imidazole rings is 1. The van der Waals surface area contributed by atoms with Crippen LogP contribution >= 0.6 is 22.9 Å². The summed E-state index contributed by atoms with van der Waals surface area (Å²) < 4.78 is 26.9. The molecule has 29 heavy (non-hydrogen) atoms. The van der Waals surface area contributed by atoms with Crippen LogP contribution in [-0.2, 0) is 14.8 Å². The van der Waals surface area contributed by atoms with E-state index in [0.717, 1.165) is 45.3 Å². The highest BCUT2D eigenvalue weighted by atomic mass is 35.5. The Bertz CT molecular complexity index is 1110. The van der Waals surface area contributed by atoms with Crippen LogP contribution in [0.3, 0.4) is 0 Å². The summed E-state index contributed by atoms with van der Waals surface area (Å²) in [4.78, 5) is 22.5. The van der Waals surface area contributed by atoms with Crippen molar-refractivity contribution in [3.63, 3.8) is 0 Å². The van der Waals surface area contributed by atoms with Crippen molar-refractivity contribution in [1.29, 1.82) is 0 Å². The SMILES string of the molecule is CN(CC(=O)N1CCCC(c2nc3ccccc3[nH]2)C1)S(=O)(=O)c1ccc(Cl)s1. The van der Waals surface area contributed by atoms with E-state index in [1.165, 1.54) is 19.2 Å². The highest BCUT2D eigenvalue weighted by Crippen LogP contribution is 2.29. The number of carbonyl (C=O) groups excluding carboxylic acids is 1. The molecule has 1 aromatic carbocycles. The zero-order valence-electron chi connectivity index (χ0n) is 15.8. The Kier molecular flexibility index (Phi) is 5.65. The molecule has 1 aliphatic rings. The number of benzene rings is 1. The van der Waals surface area contributed by atoms with Crippen LogP contribution in [0.4, 0.5) is 0 Å². The Morgan fingerprint density at radius 2 is 2.14 bits per heavy atom. The second kappa shape index (κ2) is 8.06. The standard InChI is InChI=1S/C19H21ClN4O3S2/c1-23(29(26,27)18-9-8-16(20)28-18)12-17(25)24-10-4-5-13(11-24)19-21-14-6-2-3-7-15(14)22-19/h2-3,6-9,13H,4-5,10-12H2,1H3,(H,21,22). The van der Waals surface area contributed by atoms with Gasteiger partial charge in [-0.2, -0.15) is 4.31 Å². The first-order valence-corrected chi connectivity index (χ1v) is 11.9. The molecule has 3 heterocycles. The molecule has 1 unspecified atom stereocenters. The molecule has 0 radical (unpaired) electrons. The number of halogens is 1. The number of nitrogens with zero attached hydrogens (tertiary/aromatic N) is 3. The third-order valence-electron chi connectivity index (χ3n) is 5.14. The van der Waals surface area contributed by atoms with E-state index in [4.69, 9.17) is 11.6 Å². The molecule has 1 amide bonds. The predicted octanol–water partition coefficient (Wildman–Crippen LogP) is 3.30. The van der Waals surface area contributed by atoms with Gasteiger partial charge in [0, 0.05) is 26.1 Å². The number of para-hydroxylation sites is 2. The monoisotopic (exact) mass is 452 g/mol. The van der Waals surface area contributed by atoms with Crippen molar-refractivity contribution in [2.45, 2.75) is 23.0 Å². The van der Waals surface area contributed by atoms with Crippen molar-refractivity contribution < 1.29 is 13.2 Å². The number of likely N-dealkylation sites (tertiary alicyclic amines) is 1. The van der Waals surface area contributed by atoms with Gasteiger partial charge in [-0.15, -0.1) is 11.3 Å². The maximum absolute atomic E-state index is 12.8. The van der Waals surface area contributed by atoms with Gasteiger partial charge in [-0.3, -0.25) is 4.79 Å². The Hall–Kier alpha value is -1.94. The first-order chi connectivity index (χ1) is 13.8. The van der Waals surface area contributed by atoms with E-state index >= 15 is 0 Å². The molecule has 2 aromatic heterocycles. The number of rotatable bonds is 5. The van der Waals surface area contributed by atoms with E-state index < -0.39 is 10.0 Å². The van der Waals surface area contributed by atoms with Crippen LogP contribution in [0.2, 0.25) is 4.34 Å². The van der Waals surface area contributed by atoms with Gasteiger partial charge < -0.3 is 9.88 Å². The lowest BCUT2D eigenvalue weighted by molar-refractivity contribution is -0.132. The summed E-state index contributed by atoms with van der Waals surface area (Å²) in [7, 11) is -2.32. The molecule has 0 aliphatic carbocycles. The number of hydrogen-bond donors (Lipinski definition) is 1. The third-order valence-corrected chi connectivity index (χ3v) is 8.64. The van der Waals surface area contributed by atoms with Crippen LogP contribution in [0.25, 0.3) is 11.0 Å². The largest absolute Gasteiger partial charge is 0.342 e. The van der Waals surface area contributed by atoms with Crippen LogP contribution in [0.1, 0.15) is 24.6 Å². The van der Waals surface area contributed by atoms with E-state index in [1.54, 1.807) is 4.90 Å². The topological polar surface area (TPSA) is 86.4 Å². The molecule has 1 aliphatic heterocycles. The summed E-state index contributed by atoms with van der Waals surface area (Å²) >= 11 is 6.84. The molecule has 0 bridgehead atoms. The van der Waals surface area contributed by atoms with Crippen molar-refractivity contribution >= 4 is 49.9 Å². The fourth-order valence-electron chi connectivity index (χ4n) is 3.56. The average molecular weight is 453 g/mol. The summed E-state index contributed by atoms with van der Waals surface area (Å²) in [5, 5.41) is 0. The van der Waals surface area contributed by atoms with E-state index in [1.807, 2.05) is 24.3 Å². The van der Waals surface area contributed by atoms with E-state index in [-0.39, 0.29) is 22.6 Å². The van der Waals surface area contributed by atoms with Crippen molar-refractivity contribution in [1.82, 2.24) is 19.2 Å². The zero-order chi connectivity index (χ0) is 20.6. The number of H-pyrrole nitrogens is 1. The van der Waals surface area contributed by atoms with Gasteiger partial charge in [-0.05, 0) is 37.1 Å². The molecule has 154 valence electrons. The van der Waals surface area contributed by atoms with Crippen LogP contribution < -0.4 is 0 Å². The van der Waals surface area contributed by atoms with Gasteiger partial charge in [0.25, 0.3) is 10.0 Å². The van der Waals surface area contributed by atoms with Gasteiger partial charge in [0.1, 0.15) is 10.0 Å². The molecule has 10 heteroatoms. The van der Waals surface area contributed by atoms with Gasteiger partial charge in [0.2, 0.25) is 5.91 Å². The zero-order valence-corrected chi connectivity index (χ0v) is 18.2. The Labute approximate surface area is 178 Å². The van der Waals surface area contributed by atoms with Gasteiger partial charge in [0.05, 0.1) is 21.9 Å². The predicted molar refractivity (Wildman–Crippen MR) is 114 cm³/mol. The quantitative estimate of drug-likeness (QED) is 0.643.